The van der Waals surface area contributed by atoms with Gasteiger partial charge in [-0.3, -0.25) is 0 Å². The molecule has 0 aliphatic carbocycles. The second kappa shape index (κ2) is 6.40. The van der Waals surface area contributed by atoms with E-state index < -0.39 is 0 Å². The molecule has 1 atom stereocenters. The molecule has 21 heavy (non-hydrogen) atoms. The maximum atomic E-state index is 13.8. The lowest BCUT2D eigenvalue weighted by molar-refractivity contribution is 0.261. The molecule has 0 saturated carbocycles. The normalized spacial score (nSPS) is 13.2. The fourth-order valence-corrected chi connectivity index (χ4v) is 2.50. The molecule has 2 rings (SSSR count). The first-order chi connectivity index (χ1) is 9.91. The van der Waals surface area contributed by atoms with Gasteiger partial charge in [-0.25, -0.2) is 4.39 Å². The lowest BCUT2D eigenvalue weighted by Crippen LogP contribution is -2.12. The summed E-state index contributed by atoms with van der Waals surface area (Å²) < 4.78 is 13.8. The summed E-state index contributed by atoms with van der Waals surface area (Å²) in [6, 6.07) is 15.1. The van der Waals surface area contributed by atoms with Gasteiger partial charge < -0.3 is 5.11 Å². The number of benzene rings is 2. The summed E-state index contributed by atoms with van der Waals surface area (Å²) in [5, 5.41) is 9.58. The van der Waals surface area contributed by atoms with E-state index in [2.05, 4.69) is 45.0 Å². The second-order valence-corrected chi connectivity index (χ2v) is 6.55. The predicted octanol–water partition coefficient (Wildman–Crippen LogP) is 4.44. The van der Waals surface area contributed by atoms with E-state index in [1.54, 1.807) is 12.1 Å². The van der Waals surface area contributed by atoms with E-state index >= 15 is 0 Å². The van der Waals surface area contributed by atoms with Crippen LogP contribution in [0.25, 0.3) is 0 Å². The Morgan fingerprint density at radius 1 is 1.00 bits per heavy atom. The SMILES string of the molecule is CC(C)(C)c1ccc(CC(CO)c2ccccc2F)cc1. The third-order valence-corrected chi connectivity index (χ3v) is 3.87. The number of rotatable bonds is 4. The van der Waals surface area contributed by atoms with Gasteiger partial charge in [-0.2, -0.15) is 0 Å². The molecule has 0 aliphatic rings. The number of aliphatic hydroxyl groups excluding tert-OH is 1. The van der Waals surface area contributed by atoms with Gasteiger partial charge in [-0.05, 0) is 34.6 Å². The van der Waals surface area contributed by atoms with Crippen LogP contribution in [0.2, 0.25) is 0 Å². The third-order valence-electron chi connectivity index (χ3n) is 3.87. The Morgan fingerprint density at radius 3 is 2.14 bits per heavy atom. The summed E-state index contributed by atoms with van der Waals surface area (Å²) in [5.74, 6) is -0.449. The first-order valence-corrected chi connectivity index (χ1v) is 7.36. The summed E-state index contributed by atoms with van der Waals surface area (Å²) in [5.41, 5.74) is 3.10. The van der Waals surface area contributed by atoms with E-state index in [9.17, 15) is 9.50 Å². The van der Waals surface area contributed by atoms with E-state index in [0.717, 1.165) is 5.56 Å². The van der Waals surface area contributed by atoms with Crippen molar-refractivity contribution in [2.24, 2.45) is 0 Å². The minimum Gasteiger partial charge on any atom is -0.396 e. The minimum absolute atomic E-state index is 0.0536. The van der Waals surface area contributed by atoms with Crippen molar-refractivity contribution in [2.75, 3.05) is 6.61 Å². The first kappa shape index (κ1) is 15.7. The van der Waals surface area contributed by atoms with Crippen LogP contribution in [0.1, 0.15) is 43.4 Å². The standard InChI is InChI=1S/C19H23FO/c1-19(2,3)16-10-8-14(9-11-16)12-15(13-21)17-6-4-5-7-18(17)20/h4-11,15,21H,12-13H2,1-3H3. The van der Waals surface area contributed by atoms with Crippen molar-refractivity contribution in [1.82, 2.24) is 0 Å². The highest BCUT2D eigenvalue weighted by molar-refractivity contribution is 5.30. The maximum Gasteiger partial charge on any atom is 0.126 e. The Morgan fingerprint density at radius 2 is 1.62 bits per heavy atom. The zero-order valence-electron chi connectivity index (χ0n) is 12.9. The maximum absolute atomic E-state index is 13.8. The number of hydrogen-bond donors (Lipinski definition) is 1. The molecule has 0 bridgehead atoms. The molecule has 112 valence electrons. The molecule has 2 aromatic carbocycles. The monoisotopic (exact) mass is 286 g/mol. The molecule has 2 heteroatoms. The van der Waals surface area contributed by atoms with Crippen LogP contribution in [0.5, 0.6) is 0 Å². The summed E-state index contributed by atoms with van der Waals surface area (Å²) in [6.07, 6.45) is 0.641. The predicted molar refractivity (Wildman–Crippen MR) is 85.1 cm³/mol. The van der Waals surface area contributed by atoms with Crippen LogP contribution in [0, 0.1) is 5.82 Å². The smallest absolute Gasteiger partial charge is 0.126 e. The highest BCUT2D eigenvalue weighted by Crippen LogP contribution is 2.26. The molecule has 0 spiro atoms. The van der Waals surface area contributed by atoms with E-state index in [0.29, 0.717) is 12.0 Å². The Kier molecular flexibility index (Phi) is 4.79. The molecular formula is C19H23FO. The third kappa shape index (κ3) is 3.92. The quantitative estimate of drug-likeness (QED) is 0.881. The molecule has 0 amide bonds. The average molecular weight is 286 g/mol. The molecule has 0 aromatic heterocycles. The highest BCUT2D eigenvalue weighted by atomic mass is 19.1. The summed E-state index contributed by atoms with van der Waals surface area (Å²) in [6.45, 7) is 6.48. The van der Waals surface area contributed by atoms with Crippen molar-refractivity contribution >= 4 is 0 Å². The van der Waals surface area contributed by atoms with E-state index in [1.165, 1.54) is 11.6 Å². The number of hydrogen-bond acceptors (Lipinski definition) is 1. The molecular weight excluding hydrogens is 263 g/mol. The van der Waals surface area contributed by atoms with Gasteiger partial charge in [0.1, 0.15) is 5.82 Å². The Bertz CT molecular complexity index is 581. The van der Waals surface area contributed by atoms with Gasteiger partial charge >= 0.3 is 0 Å². The first-order valence-electron chi connectivity index (χ1n) is 7.36. The van der Waals surface area contributed by atoms with Gasteiger partial charge in [0.25, 0.3) is 0 Å². The van der Waals surface area contributed by atoms with Gasteiger partial charge in [-0.1, -0.05) is 63.2 Å². The van der Waals surface area contributed by atoms with E-state index in [-0.39, 0.29) is 23.8 Å². The zero-order valence-corrected chi connectivity index (χ0v) is 12.9. The van der Waals surface area contributed by atoms with Crippen molar-refractivity contribution in [3.8, 4) is 0 Å². The largest absolute Gasteiger partial charge is 0.396 e. The van der Waals surface area contributed by atoms with Gasteiger partial charge in [0.05, 0.1) is 6.61 Å². The fraction of sp³-hybridized carbons (Fsp3) is 0.368. The van der Waals surface area contributed by atoms with Gasteiger partial charge in [0, 0.05) is 5.92 Å². The van der Waals surface area contributed by atoms with Crippen LogP contribution in [0.4, 0.5) is 4.39 Å². The molecule has 1 N–H and O–H groups in total. The summed E-state index contributed by atoms with van der Waals surface area (Å²) in [4.78, 5) is 0. The average Bonchev–Trinajstić information content (AvgIpc) is 2.45. The molecule has 1 unspecified atom stereocenters. The van der Waals surface area contributed by atoms with E-state index in [1.807, 2.05) is 6.07 Å². The molecule has 1 nitrogen and oxygen atoms in total. The molecule has 0 heterocycles. The Balaban J connectivity index is 2.18. The van der Waals surface area contributed by atoms with Crippen molar-refractivity contribution in [3.63, 3.8) is 0 Å². The van der Waals surface area contributed by atoms with Crippen LogP contribution in [0.3, 0.4) is 0 Å². The summed E-state index contributed by atoms with van der Waals surface area (Å²) >= 11 is 0. The van der Waals surface area contributed by atoms with Crippen LogP contribution in [-0.2, 0) is 11.8 Å². The lowest BCUT2D eigenvalue weighted by atomic mass is 9.85. The van der Waals surface area contributed by atoms with Gasteiger partial charge in [0.15, 0.2) is 0 Å². The minimum atomic E-state index is -0.247. The highest BCUT2D eigenvalue weighted by Gasteiger charge is 2.17. The lowest BCUT2D eigenvalue weighted by Gasteiger charge is -2.20. The topological polar surface area (TPSA) is 20.2 Å². The van der Waals surface area contributed by atoms with Crippen LogP contribution in [0.15, 0.2) is 48.5 Å². The van der Waals surface area contributed by atoms with Crippen LogP contribution >= 0.6 is 0 Å². The van der Waals surface area contributed by atoms with Crippen LogP contribution in [-0.4, -0.2) is 11.7 Å². The molecule has 0 aliphatic heterocycles. The van der Waals surface area contributed by atoms with Crippen molar-refractivity contribution in [1.29, 1.82) is 0 Å². The zero-order chi connectivity index (χ0) is 15.5. The van der Waals surface area contributed by atoms with Crippen molar-refractivity contribution in [2.45, 2.75) is 38.5 Å². The summed E-state index contributed by atoms with van der Waals surface area (Å²) in [7, 11) is 0. The van der Waals surface area contributed by atoms with Gasteiger partial charge in [-0.15, -0.1) is 0 Å². The number of aliphatic hydroxyl groups is 1. The van der Waals surface area contributed by atoms with Crippen molar-refractivity contribution in [3.05, 3.63) is 71.0 Å². The molecule has 2 aromatic rings. The second-order valence-electron chi connectivity index (χ2n) is 6.55. The van der Waals surface area contributed by atoms with E-state index in [4.69, 9.17) is 0 Å². The molecule has 0 radical (unpaired) electrons. The van der Waals surface area contributed by atoms with Crippen molar-refractivity contribution < 1.29 is 9.50 Å². The Hall–Kier alpha value is -1.67. The number of halogens is 1. The van der Waals surface area contributed by atoms with Gasteiger partial charge in [0.2, 0.25) is 0 Å². The fourth-order valence-electron chi connectivity index (χ4n) is 2.50. The Labute approximate surface area is 126 Å². The molecule has 0 saturated heterocycles. The molecule has 0 fully saturated rings. The van der Waals surface area contributed by atoms with Crippen LogP contribution < -0.4 is 0 Å².